The zero-order chi connectivity index (χ0) is 19.2. The first kappa shape index (κ1) is 18.9. The molecule has 138 valence electrons. The van der Waals surface area contributed by atoms with E-state index in [0.29, 0.717) is 6.42 Å². The van der Waals surface area contributed by atoms with Gasteiger partial charge in [-0.05, 0) is 43.0 Å². The van der Waals surface area contributed by atoms with Crippen molar-refractivity contribution in [1.29, 1.82) is 0 Å². The van der Waals surface area contributed by atoms with Crippen molar-refractivity contribution in [1.82, 2.24) is 5.32 Å². The normalized spacial score (nSPS) is 12.0. The van der Waals surface area contributed by atoms with E-state index in [1.54, 1.807) is 0 Å². The molecule has 0 aliphatic rings. The molecule has 1 unspecified atom stereocenters. The van der Waals surface area contributed by atoms with Crippen LogP contribution < -0.4 is 5.32 Å². The zero-order valence-corrected chi connectivity index (χ0v) is 16.3. The molecule has 1 N–H and O–H groups in total. The minimum atomic E-state index is -0.00963. The van der Waals surface area contributed by atoms with Crippen LogP contribution in [0.2, 0.25) is 0 Å². The summed E-state index contributed by atoms with van der Waals surface area (Å²) in [6.07, 6.45) is 0.434. The molecule has 3 aromatic rings. The van der Waals surface area contributed by atoms with Crippen LogP contribution in [0.5, 0.6) is 0 Å². The maximum absolute atomic E-state index is 12.9. The third kappa shape index (κ3) is 4.85. The number of rotatable bonds is 6. The fourth-order valence-corrected chi connectivity index (χ4v) is 3.59. The van der Waals surface area contributed by atoms with Crippen LogP contribution in [0.15, 0.2) is 78.9 Å². The van der Waals surface area contributed by atoms with Gasteiger partial charge in [-0.1, -0.05) is 84.4 Å². The molecule has 0 bridgehead atoms. The lowest BCUT2D eigenvalue weighted by Crippen LogP contribution is -2.28. The Kier molecular flexibility index (Phi) is 6.08. The Morgan fingerprint density at radius 2 is 1.41 bits per heavy atom. The smallest absolute Gasteiger partial charge is 0.221 e. The predicted molar refractivity (Wildman–Crippen MR) is 112 cm³/mol. The van der Waals surface area contributed by atoms with Gasteiger partial charge in [-0.15, -0.1) is 0 Å². The molecule has 3 aromatic carbocycles. The highest BCUT2D eigenvalue weighted by atomic mass is 16.1. The topological polar surface area (TPSA) is 29.1 Å². The minimum Gasteiger partial charge on any atom is -0.350 e. The van der Waals surface area contributed by atoms with Crippen molar-refractivity contribution in [2.24, 2.45) is 0 Å². The average Bonchev–Trinajstić information content (AvgIpc) is 2.69. The van der Waals surface area contributed by atoms with Gasteiger partial charge in [-0.2, -0.15) is 0 Å². The van der Waals surface area contributed by atoms with E-state index in [9.17, 15) is 4.79 Å². The highest BCUT2D eigenvalue weighted by Crippen LogP contribution is 2.28. The van der Waals surface area contributed by atoms with Crippen molar-refractivity contribution in [2.45, 2.75) is 39.2 Å². The molecule has 0 saturated carbocycles. The lowest BCUT2D eigenvalue weighted by Gasteiger charge is -2.21. The van der Waals surface area contributed by atoms with E-state index in [0.717, 1.165) is 0 Å². The summed E-state index contributed by atoms with van der Waals surface area (Å²) in [6, 6.07) is 26.9. The summed E-state index contributed by atoms with van der Waals surface area (Å²) < 4.78 is 0. The van der Waals surface area contributed by atoms with Crippen LogP contribution in [0.25, 0.3) is 0 Å². The van der Waals surface area contributed by atoms with Gasteiger partial charge < -0.3 is 5.32 Å². The fraction of sp³-hybridized carbons (Fsp3) is 0.240. The van der Waals surface area contributed by atoms with Crippen LogP contribution in [0.1, 0.15) is 53.1 Å². The van der Waals surface area contributed by atoms with Gasteiger partial charge in [0.2, 0.25) is 5.91 Å². The van der Waals surface area contributed by atoms with Crippen LogP contribution in [0, 0.1) is 13.8 Å². The molecular formula is C25H27NO. The monoisotopic (exact) mass is 357 g/mol. The molecule has 0 heterocycles. The molecule has 0 aliphatic carbocycles. The van der Waals surface area contributed by atoms with E-state index < -0.39 is 0 Å². The third-order valence-electron chi connectivity index (χ3n) is 5.07. The number of benzene rings is 3. The molecule has 0 spiro atoms. The number of amides is 1. The Morgan fingerprint density at radius 3 is 1.96 bits per heavy atom. The summed E-state index contributed by atoms with van der Waals surface area (Å²) in [5, 5.41) is 3.20. The molecule has 3 rings (SSSR count). The van der Waals surface area contributed by atoms with E-state index in [1.807, 2.05) is 36.4 Å². The highest BCUT2D eigenvalue weighted by Gasteiger charge is 2.20. The average molecular weight is 357 g/mol. The lowest BCUT2D eigenvalue weighted by molar-refractivity contribution is -0.121. The Morgan fingerprint density at radius 1 is 0.852 bits per heavy atom. The Balaban J connectivity index is 1.78. The van der Waals surface area contributed by atoms with Gasteiger partial charge in [0.25, 0.3) is 0 Å². The quantitative estimate of drug-likeness (QED) is 0.602. The number of aryl methyl sites for hydroxylation is 2. The molecule has 1 atom stereocenters. The Bertz CT molecular complexity index is 847. The molecular weight excluding hydrogens is 330 g/mol. The van der Waals surface area contributed by atoms with Crippen LogP contribution >= 0.6 is 0 Å². The van der Waals surface area contributed by atoms with Crippen molar-refractivity contribution in [3.8, 4) is 0 Å². The van der Waals surface area contributed by atoms with Gasteiger partial charge in [0, 0.05) is 12.3 Å². The molecule has 2 heteroatoms. The van der Waals surface area contributed by atoms with Crippen molar-refractivity contribution in [3.05, 3.63) is 107 Å². The number of hydrogen-bond donors (Lipinski definition) is 1. The second kappa shape index (κ2) is 8.68. The molecule has 0 saturated heterocycles. The van der Waals surface area contributed by atoms with Gasteiger partial charge in [0.15, 0.2) is 0 Å². The largest absolute Gasteiger partial charge is 0.350 e. The van der Waals surface area contributed by atoms with E-state index in [1.165, 1.54) is 27.8 Å². The summed E-state index contributed by atoms with van der Waals surface area (Å²) in [5.74, 6) is 0.124. The van der Waals surface area contributed by atoms with Crippen LogP contribution in [0.4, 0.5) is 0 Å². The van der Waals surface area contributed by atoms with Crippen molar-refractivity contribution in [3.63, 3.8) is 0 Å². The fourth-order valence-electron chi connectivity index (χ4n) is 3.59. The molecule has 1 amide bonds. The van der Waals surface area contributed by atoms with Crippen LogP contribution in [-0.2, 0) is 4.79 Å². The van der Waals surface area contributed by atoms with E-state index in [4.69, 9.17) is 0 Å². The highest BCUT2D eigenvalue weighted by molar-refractivity contribution is 5.78. The standard InChI is InChI=1S/C25H27NO/c1-18-14-15-19(2)23(16-18)20(3)26-25(27)17-24(21-10-6-4-7-11-21)22-12-8-5-9-13-22/h4-16,20,24H,17H2,1-3H3,(H,26,27). The number of carbonyl (C=O) groups is 1. The maximum atomic E-state index is 12.9. The maximum Gasteiger partial charge on any atom is 0.221 e. The third-order valence-corrected chi connectivity index (χ3v) is 5.07. The summed E-state index contributed by atoms with van der Waals surface area (Å²) in [6.45, 7) is 6.23. The first-order valence-corrected chi connectivity index (χ1v) is 9.51. The Labute approximate surface area is 162 Å². The number of carbonyl (C=O) groups excluding carboxylic acids is 1. The number of hydrogen-bond acceptors (Lipinski definition) is 1. The molecule has 0 radical (unpaired) electrons. The van der Waals surface area contributed by atoms with E-state index in [2.05, 4.69) is 68.6 Å². The Hall–Kier alpha value is -2.87. The van der Waals surface area contributed by atoms with Crippen LogP contribution in [-0.4, -0.2) is 5.91 Å². The molecule has 0 fully saturated rings. The summed E-state index contributed by atoms with van der Waals surface area (Å²) in [4.78, 5) is 12.9. The first-order chi connectivity index (χ1) is 13.0. The first-order valence-electron chi connectivity index (χ1n) is 9.51. The second-order valence-electron chi connectivity index (χ2n) is 7.23. The summed E-state index contributed by atoms with van der Waals surface area (Å²) in [7, 11) is 0. The van der Waals surface area contributed by atoms with Gasteiger partial charge >= 0.3 is 0 Å². The SMILES string of the molecule is Cc1ccc(C)c(C(C)NC(=O)CC(c2ccccc2)c2ccccc2)c1. The van der Waals surface area contributed by atoms with Gasteiger partial charge in [0.05, 0.1) is 6.04 Å². The molecule has 0 aromatic heterocycles. The van der Waals surface area contributed by atoms with Gasteiger partial charge in [-0.25, -0.2) is 0 Å². The lowest BCUT2D eigenvalue weighted by atomic mass is 9.88. The van der Waals surface area contributed by atoms with E-state index >= 15 is 0 Å². The van der Waals surface area contributed by atoms with Crippen LogP contribution in [0.3, 0.4) is 0 Å². The van der Waals surface area contributed by atoms with Crippen molar-refractivity contribution < 1.29 is 4.79 Å². The summed E-state index contributed by atoms with van der Waals surface area (Å²) in [5.41, 5.74) is 5.93. The zero-order valence-electron chi connectivity index (χ0n) is 16.3. The predicted octanol–water partition coefficient (Wildman–Crippen LogP) is 5.70. The van der Waals surface area contributed by atoms with E-state index in [-0.39, 0.29) is 17.9 Å². The second-order valence-corrected chi connectivity index (χ2v) is 7.23. The van der Waals surface area contributed by atoms with Gasteiger partial charge in [0.1, 0.15) is 0 Å². The summed E-state index contributed by atoms with van der Waals surface area (Å²) >= 11 is 0. The molecule has 0 aliphatic heterocycles. The van der Waals surface area contributed by atoms with Crippen molar-refractivity contribution in [2.75, 3.05) is 0 Å². The van der Waals surface area contributed by atoms with Gasteiger partial charge in [-0.3, -0.25) is 4.79 Å². The number of nitrogens with one attached hydrogen (secondary N) is 1. The molecule has 27 heavy (non-hydrogen) atoms. The van der Waals surface area contributed by atoms with Crippen molar-refractivity contribution >= 4 is 5.91 Å². The minimum absolute atomic E-state index is 0.00963. The molecule has 2 nitrogen and oxygen atoms in total.